The Bertz CT molecular complexity index is 2480. The molecule has 47 heavy (non-hydrogen) atoms. The lowest BCUT2D eigenvalue weighted by atomic mass is 10.0. The van der Waals surface area contributed by atoms with E-state index in [0.29, 0.717) is 5.89 Å². The van der Waals surface area contributed by atoms with Gasteiger partial charge in [0.2, 0.25) is 5.89 Å². The zero-order valence-corrected chi connectivity index (χ0v) is 25.4. The first kappa shape index (κ1) is 27.0. The van der Waals surface area contributed by atoms with Crippen molar-refractivity contribution >= 4 is 50.1 Å². The molecule has 0 N–H and O–H groups in total. The first-order valence-corrected chi connectivity index (χ1v) is 15.7. The fraction of sp³-hybridized carbons (Fsp3) is 0. The minimum Gasteiger partial charge on any atom is -0.456 e. The van der Waals surface area contributed by atoms with Gasteiger partial charge in [0.25, 0.3) is 0 Å². The van der Waals surface area contributed by atoms with E-state index in [9.17, 15) is 0 Å². The van der Waals surface area contributed by atoms with Crippen molar-refractivity contribution in [2.45, 2.75) is 0 Å². The lowest BCUT2D eigenvalue weighted by Crippen LogP contribution is -2.09. The molecule has 7 aromatic carbocycles. The Labute approximate surface area is 271 Å². The molecule has 0 aliphatic heterocycles. The highest BCUT2D eigenvalue weighted by molar-refractivity contribution is 6.09. The summed E-state index contributed by atoms with van der Waals surface area (Å²) >= 11 is 0. The Kier molecular flexibility index (Phi) is 6.43. The third-order valence-electron chi connectivity index (χ3n) is 8.71. The lowest BCUT2D eigenvalue weighted by molar-refractivity contribution is 0.620. The van der Waals surface area contributed by atoms with Crippen LogP contribution in [0, 0.1) is 0 Å². The average Bonchev–Trinajstić information content (AvgIpc) is 3.72. The number of oxazole rings is 1. The van der Waals surface area contributed by atoms with Crippen LogP contribution in [0.15, 0.2) is 179 Å². The highest BCUT2D eigenvalue weighted by atomic mass is 16.4. The summed E-state index contributed by atoms with van der Waals surface area (Å²) < 4.78 is 12.8. The maximum atomic E-state index is 6.47. The van der Waals surface area contributed by atoms with E-state index in [-0.39, 0.29) is 0 Å². The molecule has 0 saturated heterocycles. The number of para-hydroxylation sites is 1. The van der Waals surface area contributed by atoms with Gasteiger partial charge in [-0.05, 0) is 76.9 Å². The molecule has 0 atom stereocenters. The summed E-state index contributed by atoms with van der Waals surface area (Å²) in [5, 5.41) is 2.03. The summed E-state index contributed by atoms with van der Waals surface area (Å²) in [5.41, 5.74) is 11.9. The molecule has 0 aliphatic rings. The van der Waals surface area contributed by atoms with Gasteiger partial charge >= 0.3 is 0 Å². The minimum absolute atomic E-state index is 0.593. The highest BCUT2D eigenvalue weighted by Crippen LogP contribution is 2.40. The number of aromatic nitrogens is 1. The van der Waals surface area contributed by atoms with Crippen molar-refractivity contribution in [2.24, 2.45) is 0 Å². The van der Waals surface area contributed by atoms with E-state index in [0.717, 1.165) is 61.2 Å². The van der Waals surface area contributed by atoms with Crippen LogP contribution in [0.3, 0.4) is 0 Å². The van der Waals surface area contributed by atoms with E-state index < -0.39 is 0 Å². The van der Waals surface area contributed by atoms with Crippen LogP contribution in [0.5, 0.6) is 0 Å². The van der Waals surface area contributed by atoms with Gasteiger partial charge in [-0.15, -0.1) is 0 Å². The van der Waals surface area contributed by atoms with E-state index in [1.165, 1.54) is 16.7 Å². The molecule has 2 heterocycles. The van der Waals surface area contributed by atoms with Crippen LogP contribution in [0.4, 0.5) is 17.1 Å². The molecule has 9 aromatic rings. The van der Waals surface area contributed by atoms with Gasteiger partial charge in [-0.25, -0.2) is 4.98 Å². The van der Waals surface area contributed by atoms with Crippen LogP contribution in [-0.2, 0) is 0 Å². The highest BCUT2D eigenvalue weighted by Gasteiger charge is 2.17. The molecular weight excluding hydrogens is 576 g/mol. The van der Waals surface area contributed by atoms with Gasteiger partial charge in [-0.1, -0.05) is 103 Å². The number of anilines is 3. The number of furan rings is 1. The van der Waals surface area contributed by atoms with Crippen molar-refractivity contribution in [3.05, 3.63) is 170 Å². The monoisotopic (exact) mass is 604 g/mol. The SMILES string of the molecule is c1ccc(-c2ccc(-c3nc4cc5oc6cc(N(c7ccccc7)c7ccc(-c8ccccc8)cc7)ccc6c5cc4o3)cc2)cc1. The topological polar surface area (TPSA) is 42.4 Å². The van der Waals surface area contributed by atoms with Crippen molar-refractivity contribution in [2.75, 3.05) is 4.90 Å². The molecule has 0 bridgehead atoms. The van der Waals surface area contributed by atoms with Crippen LogP contribution >= 0.6 is 0 Å². The molecule has 0 spiro atoms. The van der Waals surface area contributed by atoms with E-state index in [2.05, 4.69) is 132 Å². The molecule has 222 valence electrons. The van der Waals surface area contributed by atoms with Gasteiger partial charge < -0.3 is 13.7 Å². The second kappa shape index (κ2) is 11.2. The fourth-order valence-electron chi connectivity index (χ4n) is 6.34. The number of hydrogen-bond donors (Lipinski definition) is 0. The quantitative estimate of drug-likeness (QED) is 0.189. The fourth-order valence-corrected chi connectivity index (χ4v) is 6.34. The summed E-state index contributed by atoms with van der Waals surface area (Å²) in [7, 11) is 0. The molecule has 0 saturated carbocycles. The van der Waals surface area contributed by atoms with Gasteiger partial charge in [-0.3, -0.25) is 0 Å². The van der Waals surface area contributed by atoms with Crippen molar-refractivity contribution < 1.29 is 8.83 Å². The predicted octanol–water partition coefficient (Wildman–Crippen LogP) is 12.2. The van der Waals surface area contributed by atoms with Crippen molar-refractivity contribution in [1.29, 1.82) is 0 Å². The van der Waals surface area contributed by atoms with E-state index in [4.69, 9.17) is 13.8 Å². The summed E-state index contributed by atoms with van der Waals surface area (Å²) in [6, 6.07) is 58.7. The number of benzene rings is 7. The molecule has 4 heteroatoms. The number of nitrogens with zero attached hydrogens (tertiary/aromatic N) is 2. The first-order chi connectivity index (χ1) is 23.3. The first-order valence-electron chi connectivity index (χ1n) is 15.7. The molecule has 0 unspecified atom stereocenters. The Morgan fingerprint density at radius 1 is 0.362 bits per heavy atom. The molecule has 0 radical (unpaired) electrons. The molecule has 2 aromatic heterocycles. The van der Waals surface area contributed by atoms with Crippen LogP contribution in [-0.4, -0.2) is 4.98 Å². The Hall–Kier alpha value is -6.39. The molecule has 4 nitrogen and oxygen atoms in total. The standard InChI is InChI=1S/C43H28N2O2/c1-4-10-29(11-5-1)31-16-18-33(19-17-31)43-44-39-28-41-38(27-42(39)47-43)37-25-24-36(26-40(37)46-41)45(34-14-8-3-9-15-34)35-22-20-32(21-23-35)30-12-6-2-7-13-30/h1-28H. The van der Waals surface area contributed by atoms with Crippen molar-refractivity contribution in [3.63, 3.8) is 0 Å². The van der Waals surface area contributed by atoms with Gasteiger partial charge in [0, 0.05) is 45.5 Å². The van der Waals surface area contributed by atoms with Crippen LogP contribution < -0.4 is 4.90 Å². The molecule has 0 amide bonds. The number of rotatable bonds is 6. The molecule has 9 rings (SSSR count). The Balaban J connectivity index is 1.07. The summed E-state index contributed by atoms with van der Waals surface area (Å²) in [4.78, 5) is 7.08. The average molecular weight is 605 g/mol. The zero-order valence-electron chi connectivity index (χ0n) is 25.4. The van der Waals surface area contributed by atoms with Crippen molar-refractivity contribution in [3.8, 4) is 33.7 Å². The smallest absolute Gasteiger partial charge is 0.227 e. The Morgan fingerprint density at radius 3 is 1.53 bits per heavy atom. The van der Waals surface area contributed by atoms with Crippen LogP contribution in [0.2, 0.25) is 0 Å². The second-order valence-electron chi connectivity index (χ2n) is 11.6. The van der Waals surface area contributed by atoms with Crippen molar-refractivity contribution in [1.82, 2.24) is 4.98 Å². The maximum Gasteiger partial charge on any atom is 0.227 e. The van der Waals surface area contributed by atoms with Gasteiger partial charge in [0.05, 0.1) is 0 Å². The zero-order chi connectivity index (χ0) is 31.2. The van der Waals surface area contributed by atoms with Crippen LogP contribution in [0.25, 0.3) is 66.7 Å². The molecule has 0 aliphatic carbocycles. The van der Waals surface area contributed by atoms with E-state index in [1.807, 2.05) is 42.5 Å². The number of fused-ring (bicyclic) bond motifs is 4. The summed E-state index contributed by atoms with van der Waals surface area (Å²) in [5.74, 6) is 0.593. The third kappa shape index (κ3) is 4.93. The number of hydrogen-bond acceptors (Lipinski definition) is 4. The van der Waals surface area contributed by atoms with E-state index in [1.54, 1.807) is 0 Å². The van der Waals surface area contributed by atoms with Gasteiger partial charge in [0.1, 0.15) is 16.7 Å². The molecular formula is C43H28N2O2. The third-order valence-corrected chi connectivity index (χ3v) is 8.71. The summed E-state index contributed by atoms with van der Waals surface area (Å²) in [6.45, 7) is 0. The second-order valence-corrected chi connectivity index (χ2v) is 11.6. The maximum absolute atomic E-state index is 6.47. The van der Waals surface area contributed by atoms with Crippen LogP contribution in [0.1, 0.15) is 0 Å². The molecule has 0 fully saturated rings. The minimum atomic E-state index is 0.593. The van der Waals surface area contributed by atoms with Gasteiger partial charge in [0.15, 0.2) is 5.58 Å². The van der Waals surface area contributed by atoms with Gasteiger partial charge in [-0.2, -0.15) is 0 Å². The predicted molar refractivity (Wildman–Crippen MR) is 192 cm³/mol. The Morgan fingerprint density at radius 2 is 0.872 bits per heavy atom. The summed E-state index contributed by atoms with van der Waals surface area (Å²) in [6.07, 6.45) is 0. The lowest BCUT2D eigenvalue weighted by Gasteiger charge is -2.25. The largest absolute Gasteiger partial charge is 0.456 e. The normalized spacial score (nSPS) is 11.4. The van der Waals surface area contributed by atoms with E-state index >= 15 is 0 Å².